The van der Waals surface area contributed by atoms with E-state index in [2.05, 4.69) is 6.58 Å². The Bertz CT molecular complexity index is 238. The summed E-state index contributed by atoms with van der Waals surface area (Å²) in [7, 11) is 0. The summed E-state index contributed by atoms with van der Waals surface area (Å²) in [6.07, 6.45) is 5.91. The first-order valence-electron chi connectivity index (χ1n) is 4.73. The van der Waals surface area contributed by atoms with E-state index in [1.165, 1.54) is 0 Å². The Morgan fingerprint density at radius 3 is 2.17 bits per heavy atom. The van der Waals surface area contributed by atoms with Gasteiger partial charge in [0.15, 0.2) is 0 Å². The number of hydrogen-bond acceptors (Lipinski definition) is 2. The maximum absolute atomic E-state index is 9.96. The van der Waals surface area contributed by atoms with Crippen LogP contribution in [0.4, 0.5) is 0 Å². The van der Waals surface area contributed by atoms with E-state index in [0.717, 1.165) is 25.7 Å². The molecule has 0 bridgehead atoms. The van der Waals surface area contributed by atoms with Gasteiger partial charge in [-0.1, -0.05) is 6.08 Å². The Morgan fingerprint density at radius 2 is 1.83 bits per heavy atom. The van der Waals surface area contributed by atoms with Crippen LogP contribution in [-0.2, 0) is 4.74 Å². The first-order valence-corrected chi connectivity index (χ1v) is 4.73. The molecule has 66 valence electrons. The molecule has 12 heavy (non-hydrogen) atoms. The second-order valence-corrected chi connectivity index (χ2v) is 4.44. The minimum Gasteiger partial charge on any atom is -0.389 e. The second kappa shape index (κ2) is 1.78. The molecule has 3 rings (SSSR count). The molecule has 0 aromatic heterocycles. The smallest absolute Gasteiger partial charge is 0.0957 e. The van der Waals surface area contributed by atoms with Crippen molar-refractivity contribution in [3.05, 3.63) is 12.7 Å². The molecule has 2 spiro atoms. The van der Waals surface area contributed by atoms with Gasteiger partial charge in [0.2, 0.25) is 0 Å². The van der Waals surface area contributed by atoms with Gasteiger partial charge < -0.3 is 9.84 Å². The van der Waals surface area contributed by atoms with Gasteiger partial charge in [-0.3, -0.25) is 0 Å². The van der Waals surface area contributed by atoms with Crippen molar-refractivity contribution in [3.8, 4) is 0 Å². The maximum Gasteiger partial charge on any atom is 0.0957 e. The van der Waals surface area contributed by atoms with Crippen LogP contribution in [0.2, 0.25) is 0 Å². The molecule has 1 aliphatic heterocycles. The van der Waals surface area contributed by atoms with Gasteiger partial charge in [-0.15, -0.1) is 6.58 Å². The van der Waals surface area contributed by atoms with Gasteiger partial charge in [0, 0.05) is 5.92 Å². The van der Waals surface area contributed by atoms with Gasteiger partial charge in [-0.2, -0.15) is 0 Å². The lowest BCUT2D eigenvalue weighted by molar-refractivity contribution is -0.0205. The van der Waals surface area contributed by atoms with Crippen LogP contribution in [0.25, 0.3) is 0 Å². The molecule has 1 heterocycles. The minimum atomic E-state index is -0.280. The van der Waals surface area contributed by atoms with Gasteiger partial charge in [0.05, 0.1) is 17.3 Å². The van der Waals surface area contributed by atoms with Crippen LogP contribution < -0.4 is 0 Å². The van der Waals surface area contributed by atoms with Crippen molar-refractivity contribution in [2.75, 3.05) is 0 Å². The summed E-state index contributed by atoms with van der Waals surface area (Å²) in [5.74, 6) is 0.194. The summed E-state index contributed by atoms with van der Waals surface area (Å²) in [4.78, 5) is 0. The van der Waals surface area contributed by atoms with E-state index in [-0.39, 0.29) is 23.2 Å². The van der Waals surface area contributed by atoms with E-state index < -0.39 is 0 Å². The third-order valence-corrected chi connectivity index (χ3v) is 3.63. The van der Waals surface area contributed by atoms with Crippen LogP contribution in [0, 0.1) is 5.92 Å². The van der Waals surface area contributed by atoms with Gasteiger partial charge >= 0.3 is 0 Å². The average molecular weight is 166 g/mol. The highest BCUT2D eigenvalue weighted by Gasteiger charge is 2.70. The predicted molar refractivity (Wildman–Crippen MR) is 44.7 cm³/mol. The summed E-state index contributed by atoms with van der Waals surface area (Å²) in [6.45, 7) is 3.78. The zero-order valence-electron chi connectivity index (χ0n) is 7.12. The SMILES string of the molecule is C=C[C@@H]1[C@H](O)C2(CC2)OC12CC2. The van der Waals surface area contributed by atoms with Crippen LogP contribution in [0.1, 0.15) is 25.7 Å². The Hall–Kier alpha value is -0.340. The van der Waals surface area contributed by atoms with Crippen molar-refractivity contribution in [1.29, 1.82) is 0 Å². The second-order valence-electron chi connectivity index (χ2n) is 4.44. The predicted octanol–water partition coefficient (Wildman–Crippen LogP) is 1.24. The van der Waals surface area contributed by atoms with Gasteiger partial charge in [-0.25, -0.2) is 0 Å². The number of aliphatic hydroxyl groups is 1. The number of rotatable bonds is 1. The van der Waals surface area contributed by atoms with E-state index in [1.54, 1.807) is 0 Å². The lowest BCUT2D eigenvalue weighted by Crippen LogP contribution is -2.27. The molecule has 0 amide bonds. The fourth-order valence-electron chi connectivity index (χ4n) is 2.57. The summed E-state index contributed by atoms with van der Waals surface area (Å²) in [5.41, 5.74) is -0.132. The maximum atomic E-state index is 9.96. The molecular formula is C10H14O2. The normalized spacial score (nSPS) is 45.1. The first-order chi connectivity index (χ1) is 5.72. The molecule has 0 radical (unpaired) electrons. The van der Waals surface area contributed by atoms with Crippen molar-refractivity contribution in [3.63, 3.8) is 0 Å². The van der Waals surface area contributed by atoms with Crippen molar-refractivity contribution in [2.24, 2.45) is 5.92 Å². The number of aliphatic hydroxyl groups excluding tert-OH is 1. The quantitative estimate of drug-likeness (QED) is 0.594. The molecule has 2 heteroatoms. The van der Waals surface area contributed by atoms with Crippen LogP contribution >= 0.6 is 0 Å². The zero-order valence-corrected chi connectivity index (χ0v) is 7.12. The topological polar surface area (TPSA) is 29.5 Å². The molecule has 3 aliphatic rings. The standard InChI is InChI=1S/C10H14O2/c1-2-7-8(11)10(5-6-10)12-9(7)3-4-9/h2,7-8,11H,1,3-6H2/t7-,8+/m1/s1. The Morgan fingerprint density at radius 1 is 1.25 bits per heavy atom. The highest BCUT2D eigenvalue weighted by atomic mass is 16.6. The third kappa shape index (κ3) is 0.639. The van der Waals surface area contributed by atoms with Gasteiger partial charge in [0.1, 0.15) is 0 Å². The molecular weight excluding hydrogens is 152 g/mol. The Kier molecular flexibility index (Phi) is 1.05. The summed E-state index contributed by atoms with van der Waals surface area (Å²) in [6, 6.07) is 0. The first kappa shape index (κ1) is 7.10. The van der Waals surface area contributed by atoms with Crippen molar-refractivity contribution < 1.29 is 9.84 Å². The molecule has 0 aromatic rings. The number of ether oxygens (including phenoxy) is 1. The van der Waals surface area contributed by atoms with Crippen molar-refractivity contribution in [1.82, 2.24) is 0 Å². The Balaban J connectivity index is 1.96. The van der Waals surface area contributed by atoms with Gasteiger partial charge in [-0.05, 0) is 25.7 Å². The fourth-order valence-corrected chi connectivity index (χ4v) is 2.57. The van der Waals surface area contributed by atoms with Crippen LogP contribution in [-0.4, -0.2) is 22.4 Å². The number of hydrogen-bond donors (Lipinski definition) is 1. The zero-order chi connectivity index (χ0) is 8.40. The monoisotopic (exact) mass is 166 g/mol. The van der Waals surface area contributed by atoms with Crippen molar-refractivity contribution >= 4 is 0 Å². The average Bonchev–Trinajstić information content (AvgIpc) is 2.89. The van der Waals surface area contributed by atoms with Gasteiger partial charge in [0.25, 0.3) is 0 Å². The third-order valence-electron chi connectivity index (χ3n) is 3.63. The molecule has 2 atom stereocenters. The van der Waals surface area contributed by atoms with E-state index in [4.69, 9.17) is 4.74 Å². The van der Waals surface area contributed by atoms with Crippen LogP contribution in [0.3, 0.4) is 0 Å². The molecule has 2 saturated carbocycles. The molecule has 1 saturated heterocycles. The lowest BCUT2D eigenvalue weighted by Gasteiger charge is -2.13. The molecule has 2 nitrogen and oxygen atoms in total. The van der Waals surface area contributed by atoms with Crippen LogP contribution in [0.5, 0.6) is 0 Å². The van der Waals surface area contributed by atoms with E-state index in [0.29, 0.717) is 0 Å². The largest absolute Gasteiger partial charge is 0.389 e. The summed E-state index contributed by atoms with van der Waals surface area (Å²) < 4.78 is 5.95. The van der Waals surface area contributed by atoms with E-state index in [9.17, 15) is 5.11 Å². The summed E-state index contributed by atoms with van der Waals surface area (Å²) in [5, 5.41) is 9.96. The highest BCUT2D eigenvalue weighted by Crippen LogP contribution is 2.64. The summed E-state index contributed by atoms with van der Waals surface area (Å²) >= 11 is 0. The highest BCUT2D eigenvalue weighted by molar-refractivity contribution is 5.23. The Labute approximate surface area is 72.2 Å². The lowest BCUT2D eigenvalue weighted by atomic mass is 9.94. The molecule has 1 N–H and O–H groups in total. The molecule has 0 unspecified atom stereocenters. The van der Waals surface area contributed by atoms with Crippen LogP contribution in [0.15, 0.2) is 12.7 Å². The molecule has 2 aliphatic carbocycles. The minimum absolute atomic E-state index is 0.0116. The van der Waals surface area contributed by atoms with Crippen molar-refractivity contribution in [2.45, 2.75) is 43.0 Å². The molecule has 3 fully saturated rings. The van der Waals surface area contributed by atoms with E-state index in [1.807, 2.05) is 6.08 Å². The fraction of sp³-hybridized carbons (Fsp3) is 0.800. The van der Waals surface area contributed by atoms with E-state index >= 15 is 0 Å². The molecule has 0 aromatic carbocycles.